The van der Waals surface area contributed by atoms with Gasteiger partial charge in [0.2, 0.25) is 0 Å². The van der Waals surface area contributed by atoms with Gasteiger partial charge in [0.1, 0.15) is 0 Å². The number of halogens is 1. The van der Waals surface area contributed by atoms with Gasteiger partial charge in [-0.3, -0.25) is 0 Å². The summed E-state index contributed by atoms with van der Waals surface area (Å²) in [6.45, 7) is 6.53. The molecule has 0 bridgehead atoms. The number of rotatable bonds is 4. The van der Waals surface area contributed by atoms with Crippen LogP contribution in [0.5, 0.6) is 0 Å². The molecule has 0 fully saturated rings. The van der Waals surface area contributed by atoms with Gasteiger partial charge in [0.15, 0.2) is 0 Å². The van der Waals surface area contributed by atoms with E-state index in [0.717, 1.165) is 12.0 Å². The third-order valence-corrected chi connectivity index (χ3v) is 4.41. The Morgan fingerprint density at radius 2 is 2.13 bits per heavy atom. The Morgan fingerprint density at radius 3 is 2.60 bits per heavy atom. The van der Waals surface area contributed by atoms with E-state index in [4.69, 9.17) is 0 Å². The van der Waals surface area contributed by atoms with Gasteiger partial charge >= 0.3 is 103 Å². The normalized spacial score (nSPS) is 12.8. The van der Waals surface area contributed by atoms with Gasteiger partial charge in [-0.05, 0) is 0 Å². The molecule has 1 rings (SSSR count). The SMILES string of the molecule is CCC(C)c1ccc(C(=O)[I-]C)cc1C. The van der Waals surface area contributed by atoms with Crippen LogP contribution in [0.25, 0.3) is 0 Å². The zero-order chi connectivity index (χ0) is 11.4. The van der Waals surface area contributed by atoms with E-state index in [0.29, 0.717) is 9.71 Å². The topological polar surface area (TPSA) is 17.1 Å². The summed E-state index contributed by atoms with van der Waals surface area (Å²) < 4.78 is 0.340. The number of alkyl halides is 1. The van der Waals surface area contributed by atoms with Gasteiger partial charge in [0.05, 0.1) is 0 Å². The molecule has 1 unspecified atom stereocenters. The molecule has 0 radical (unpaired) electrons. The number of hydrogen-bond acceptors (Lipinski definition) is 1. The third kappa shape index (κ3) is 3.03. The predicted molar refractivity (Wildman–Crippen MR) is 60.1 cm³/mol. The molecule has 1 aromatic rings. The van der Waals surface area contributed by atoms with Crippen LogP contribution in [-0.4, -0.2) is 8.72 Å². The Bertz CT molecular complexity index is 358. The van der Waals surface area contributed by atoms with E-state index in [1.54, 1.807) is 0 Å². The molecule has 15 heavy (non-hydrogen) atoms. The monoisotopic (exact) mass is 317 g/mol. The Kier molecular flexibility index (Phi) is 4.77. The van der Waals surface area contributed by atoms with Gasteiger partial charge in [-0.25, -0.2) is 0 Å². The van der Waals surface area contributed by atoms with Gasteiger partial charge in [-0.15, -0.1) is 0 Å². The summed E-state index contributed by atoms with van der Waals surface area (Å²) in [4.78, 5) is 13.6. The van der Waals surface area contributed by atoms with Crippen LogP contribution in [0.4, 0.5) is 0 Å². The molecule has 0 aromatic heterocycles. The molecule has 0 saturated carbocycles. The molecule has 2 heteroatoms. The molecule has 1 atom stereocenters. The van der Waals surface area contributed by atoms with Gasteiger partial charge in [0.25, 0.3) is 0 Å². The molecule has 0 saturated heterocycles. The van der Waals surface area contributed by atoms with E-state index >= 15 is 0 Å². The van der Waals surface area contributed by atoms with Crippen molar-refractivity contribution in [1.82, 2.24) is 0 Å². The van der Waals surface area contributed by atoms with Crippen LogP contribution in [0.15, 0.2) is 18.2 Å². The van der Waals surface area contributed by atoms with E-state index in [9.17, 15) is 4.79 Å². The van der Waals surface area contributed by atoms with Crippen molar-refractivity contribution in [3.63, 3.8) is 0 Å². The molecular formula is C13H18IO-. The first-order valence-electron chi connectivity index (χ1n) is 5.24. The summed E-state index contributed by atoms with van der Waals surface area (Å²) >= 11 is -0.315. The van der Waals surface area contributed by atoms with Crippen LogP contribution in [-0.2, 0) is 0 Å². The molecule has 1 nitrogen and oxygen atoms in total. The van der Waals surface area contributed by atoms with E-state index in [1.165, 1.54) is 11.1 Å². The van der Waals surface area contributed by atoms with E-state index in [1.807, 2.05) is 17.1 Å². The van der Waals surface area contributed by atoms with E-state index in [2.05, 4.69) is 26.8 Å². The van der Waals surface area contributed by atoms with Crippen LogP contribution >= 0.6 is 0 Å². The molecule has 1 aromatic carbocycles. The summed E-state index contributed by atoms with van der Waals surface area (Å²) in [5.41, 5.74) is 3.53. The summed E-state index contributed by atoms with van der Waals surface area (Å²) in [5, 5.41) is 0. The van der Waals surface area contributed by atoms with Crippen molar-refractivity contribution in [1.29, 1.82) is 0 Å². The first-order valence-corrected chi connectivity index (χ1v) is 8.48. The summed E-state index contributed by atoms with van der Waals surface area (Å²) in [5.74, 6) is 0.588. The molecule has 0 aliphatic heterocycles. The molecule has 0 heterocycles. The minimum atomic E-state index is -0.315. The predicted octanol–water partition coefficient (Wildman–Crippen LogP) is 0.368. The summed E-state index contributed by atoms with van der Waals surface area (Å²) in [6, 6.07) is 6.16. The standard InChI is InChI=1S/C13H18IO/c1-5-9(2)12-7-6-11(8-10(12)3)13(15)14-4/h6-9H,5H2,1-4H3/q-1. The van der Waals surface area contributed by atoms with E-state index < -0.39 is 0 Å². The van der Waals surface area contributed by atoms with Crippen molar-refractivity contribution in [3.05, 3.63) is 34.9 Å². The fourth-order valence-electron chi connectivity index (χ4n) is 1.68. The van der Waals surface area contributed by atoms with E-state index in [-0.39, 0.29) is 21.2 Å². The quantitative estimate of drug-likeness (QED) is 0.445. The van der Waals surface area contributed by atoms with Gasteiger partial charge in [-0.2, -0.15) is 0 Å². The summed E-state index contributed by atoms with van der Waals surface area (Å²) in [7, 11) is 0. The number of benzene rings is 1. The Labute approximate surface area is 103 Å². The number of carbonyl (C=O) groups is 1. The molecule has 0 spiro atoms. The van der Waals surface area contributed by atoms with Crippen molar-refractivity contribution >= 4 is 3.79 Å². The third-order valence-electron chi connectivity index (χ3n) is 2.81. The zero-order valence-electron chi connectivity index (χ0n) is 9.80. The fraction of sp³-hybridized carbons (Fsp3) is 0.462. The average molecular weight is 317 g/mol. The molecule has 0 aliphatic rings. The molecule has 84 valence electrons. The molecule has 0 N–H and O–H groups in total. The van der Waals surface area contributed by atoms with Crippen molar-refractivity contribution in [3.8, 4) is 0 Å². The Hall–Kier alpha value is -0.380. The van der Waals surface area contributed by atoms with Crippen LogP contribution in [0, 0.1) is 6.92 Å². The molecule has 0 aliphatic carbocycles. The second-order valence-electron chi connectivity index (χ2n) is 3.84. The zero-order valence-corrected chi connectivity index (χ0v) is 12.0. The van der Waals surface area contributed by atoms with Gasteiger partial charge in [-0.1, -0.05) is 0 Å². The minimum absolute atomic E-state index is 0.315. The first kappa shape index (κ1) is 12.7. The second-order valence-corrected chi connectivity index (χ2v) is 5.90. The van der Waals surface area contributed by atoms with Crippen molar-refractivity contribution in [2.75, 3.05) is 4.93 Å². The molecule has 0 amide bonds. The van der Waals surface area contributed by atoms with Crippen molar-refractivity contribution in [2.45, 2.75) is 33.1 Å². The van der Waals surface area contributed by atoms with Gasteiger partial charge < -0.3 is 0 Å². The number of aryl methyl sites for hydroxylation is 1. The fourth-order valence-corrected chi connectivity index (χ4v) is 2.64. The Balaban J connectivity index is 3.03. The second kappa shape index (κ2) is 5.64. The van der Waals surface area contributed by atoms with Crippen LogP contribution in [0.2, 0.25) is 0 Å². The number of carbonyl (C=O) groups excluding carboxylic acids is 1. The Morgan fingerprint density at radius 1 is 1.47 bits per heavy atom. The van der Waals surface area contributed by atoms with Crippen LogP contribution in [0.3, 0.4) is 0 Å². The maximum atomic E-state index is 11.6. The first-order chi connectivity index (χ1) is 7.10. The van der Waals surface area contributed by atoms with Crippen molar-refractivity contribution < 1.29 is 26.0 Å². The van der Waals surface area contributed by atoms with Crippen LogP contribution in [0.1, 0.15) is 47.7 Å². The van der Waals surface area contributed by atoms with Crippen LogP contribution < -0.4 is 21.2 Å². The average Bonchev–Trinajstić information content (AvgIpc) is 2.26. The number of hydrogen-bond donors (Lipinski definition) is 0. The molecular weight excluding hydrogens is 299 g/mol. The summed E-state index contributed by atoms with van der Waals surface area (Å²) in [6.07, 6.45) is 1.15. The van der Waals surface area contributed by atoms with Gasteiger partial charge in [0, 0.05) is 0 Å². The maximum absolute atomic E-state index is 11.6. The van der Waals surface area contributed by atoms with Crippen molar-refractivity contribution in [2.24, 2.45) is 0 Å².